The highest BCUT2D eigenvalue weighted by atomic mass is 19.1. The minimum Gasteiger partial charge on any atom is -0.456 e. The molecular formula is C30H34FNO4. The van der Waals surface area contributed by atoms with Crippen LogP contribution in [0.1, 0.15) is 48.7 Å². The average molecular weight is 492 g/mol. The maximum absolute atomic E-state index is 13.3. The predicted molar refractivity (Wildman–Crippen MR) is 137 cm³/mol. The Bertz CT molecular complexity index is 1040. The van der Waals surface area contributed by atoms with E-state index in [1.54, 1.807) is 12.1 Å². The van der Waals surface area contributed by atoms with Gasteiger partial charge in [0.15, 0.2) is 0 Å². The first-order valence-corrected chi connectivity index (χ1v) is 12.5. The molecule has 1 aliphatic heterocycles. The summed E-state index contributed by atoms with van der Waals surface area (Å²) in [5.74, 6) is -0.588. The van der Waals surface area contributed by atoms with E-state index in [0.29, 0.717) is 19.7 Å². The Balaban J connectivity index is 1.31. The number of hydrogen-bond acceptors (Lipinski definition) is 5. The summed E-state index contributed by atoms with van der Waals surface area (Å²) >= 11 is 0. The van der Waals surface area contributed by atoms with Crippen molar-refractivity contribution in [3.63, 3.8) is 0 Å². The first kappa shape index (κ1) is 26.0. The number of likely N-dealkylation sites (tertiary alicyclic amines) is 1. The van der Waals surface area contributed by atoms with E-state index in [0.717, 1.165) is 36.1 Å². The van der Waals surface area contributed by atoms with Crippen molar-refractivity contribution in [2.45, 2.75) is 38.1 Å². The van der Waals surface area contributed by atoms with Crippen molar-refractivity contribution in [1.29, 1.82) is 0 Å². The van der Waals surface area contributed by atoms with Crippen molar-refractivity contribution in [3.05, 3.63) is 107 Å². The van der Waals surface area contributed by atoms with E-state index < -0.39 is 12.2 Å². The molecule has 3 unspecified atom stereocenters. The third kappa shape index (κ3) is 7.23. The van der Waals surface area contributed by atoms with Gasteiger partial charge < -0.3 is 14.6 Å². The van der Waals surface area contributed by atoms with Crippen LogP contribution in [0.2, 0.25) is 0 Å². The maximum atomic E-state index is 13.3. The highest BCUT2D eigenvalue weighted by molar-refractivity contribution is 5.66. The quantitative estimate of drug-likeness (QED) is 0.390. The number of benzene rings is 3. The van der Waals surface area contributed by atoms with Gasteiger partial charge in [-0.15, -0.1) is 0 Å². The first-order chi connectivity index (χ1) is 17.5. The van der Waals surface area contributed by atoms with E-state index in [-0.39, 0.29) is 23.8 Å². The van der Waals surface area contributed by atoms with Crippen molar-refractivity contribution in [3.8, 4) is 0 Å². The van der Waals surface area contributed by atoms with Crippen LogP contribution < -0.4 is 0 Å². The number of ether oxygens (including phenoxy) is 2. The molecule has 0 amide bonds. The van der Waals surface area contributed by atoms with E-state index >= 15 is 0 Å². The number of nitrogens with zero attached hydrogens (tertiary/aromatic N) is 1. The third-order valence-electron chi connectivity index (χ3n) is 6.76. The van der Waals surface area contributed by atoms with Crippen molar-refractivity contribution in [2.75, 3.05) is 26.2 Å². The van der Waals surface area contributed by atoms with Crippen LogP contribution in [0.5, 0.6) is 0 Å². The second-order valence-electron chi connectivity index (χ2n) is 9.39. The molecule has 1 fully saturated rings. The third-order valence-corrected chi connectivity index (χ3v) is 6.76. The number of halogens is 1. The van der Waals surface area contributed by atoms with E-state index in [4.69, 9.17) is 9.47 Å². The molecule has 0 radical (unpaired) electrons. The van der Waals surface area contributed by atoms with E-state index in [2.05, 4.69) is 29.2 Å². The molecule has 1 saturated heterocycles. The standard InChI is InChI=1S/C30H34FNO4/c1-22(33)36-29(24-12-14-27(31)15-13-24)21-32-18-16-23(28(34)20-32)17-19-35-30(25-8-4-2-5-9-25)26-10-6-3-7-11-26/h2-15,23,28-30,34H,16-21H2,1H3. The summed E-state index contributed by atoms with van der Waals surface area (Å²) in [6.07, 6.45) is 0.427. The van der Waals surface area contributed by atoms with E-state index in [1.807, 2.05) is 36.4 Å². The van der Waals surface area contributed by atoms with Gasteiger partial charge in [0, 0.05) is 26.6 Å². The minimum absolute atomic E-state index is 0.131. The van der Waals surface area contributed by atoms with Crippen molar-refractivity contribution in [1.82, 2.24) is 4.90 Å². The second-order valence-corrected chi connectivity index (χ2v) is 9.39. The summed E-state index contributed by atoms with van der Waals surface area (Å²) < 4.78 is 25.2. The molecule has 36 heavy (non-hydrogen) atoms. The summed E-state index contributed by atoms with van der Waals surface area (Å²) in [6, 6.07) is 26.4. The number of carbonyl (C=O) groups excluding carboxylic acids is 1. The summed E-state index contributed by atoms with van der Waals surface area (Å²) in [7, 11) is 0. The SMILES string of the molecule is CC(=O)OC(CN1CCC(CCOC(c2ccccc2)c2ccccc2)C(O)C1)c1ccc(F)cc1. The molecule has 0 spiro atoms. The molecule has 3 aromatic carbocycles. The largest absolute Gasteiger partial charge is 0.456 e. The van der Waals surface area contributed by atoms with E-state index in [1.165, 1.54) is 19.1 Å². The molecule has 0 aromatic heterocycles. The molecule has 190 valence electrons. The number of piperidine rings is 1. The molecule has 6 heteroatoms. The van der Waals surface area contributed by atoms with Crippen LogP contribution in [0.3, 0.4) is 0 Å². The topological polar surface area (TPSA) is 59.0 Å². The molecule has 1 N–H and O–H groups in total. The first-order valence-electron chi connectivity index (χ1n) is 12.5. The molecule has 0 aliphatic carbocycles. The van der Waals surface area contributed by atoms with Gasteiger partial charge in [0.2, 0.25) is 0 Å². The van der Waals surface area contributed by atoms with Gasteiger partial charge in [-0.05, 0) is 54.1 Å². The number of rotatable bonds is 10. The molecule has 1 heterocycles. The fourth-order valence-electron chi connectivity index (χ4n) is 4.85. The number of β-amino-alcohol motifs (C(OH)–C–C–N with tert-alkyl or cyclic N) is 1. The summed E-state index contributed by atoms with van der Waals surface area (Å²) in [4.78, 5) is 13.8. The zero-order chi connectivity index (χ0) is 25.3. The Kier molecular flexibility index (Phi) is 9.23. The lowest BCUT2D eigenvalue weighted by Gasteiger charge is -2.37. The lowest BCUT2D eigenvalue weighted by molar-refractivity contribution is -0.148. The van der Waals surface area contributed by atoms with Crippen molar-refractivity contribution in [2.24, 2.45) is 5.92 Å². The van der Waals surface area contributed by atoms with Crippen LogP contribution in [0, 0.1) is 11.7 Å². The Morgan fingerprint density at radius 3 is 2.14 bits per heavy atom. The highest BCUT2D eigenvalue weighted by Crippen LogP contribution is 2.29. The fourth-order valence-corrected chi connectivity index (χ4v) is 4.85. The number of aliphatic hydroxyl groups excluding tert-OH is 1. The van der Waals surface area contributed by atoms with E-state index in [9.17, 15) is 14.3 Å². The fraction of sp³-hybridized carbons (Fsp3) is 0.367. The zero-order valence-electron chi connectivity index (χ0n) is 20.6. The number of carbonyl (C=O) groups is 1. The van der Waals surface area contributed by atoms with Crippen LogP contribution in [0.15, 0.2) is 84.9 Å². The van der Waals surface area contributed by atoms with Gasteiger partial charge in [0.25, 0.3) is 0 Å². The molecular weight excluding hydrogens is 457 g/mol. The van der Waals surface area contributed by atoms with Gasteiger partial charge in [-0.3, -0.25) is 9.69 Å². The Morgan fingerprint density at radius 1 is 0.972 bits per heavy atom. The maximum Gasteiger partial charge on any atom is 0.303 e. The lowest BCUT2D eigenvalue weighted by Crippen LogP contribution is -2.45. The smallest absolute Gasteiger partial charge is 0.303 e. The van der Waals surface area contributed by atoms with Gasteiger partial charge in [0.05, 0.1) is 6.10 Å². The minimum atomic E-state index is -0.507. The monoisotopic (exact) mass is 491 g/mol. The van der Waals surface area contributed by atoms with Crippen LogP contribution in [-0.4, -0.2) is 48.3 Å². The molecule has 3 aromatic rings. The molecule has 3 atom stereocenters. The van der Waals surface area contributed by atoms with Crippen LogP contribution in [0.25, 0.3) is 0 Å². The van der Waals surface area contributed by atoms with Crippen molar-refractivity contribution < 1.29 is 23.8 Å². The molecule has 0 bridgehead atoms. The van der Waals surface area contributed by atoms with Gasteiger partial charge in [0.1, 0.15) is 18.0 Å². The average Bonchev–Trinajstić information content (AvgIpc) is 2.88. The molecule has 5 nitrogen and oxygen atoms in total. The van der Waals surface area contributed by atoms with Gasteiger partial charge >= 0.3 is 5.97 Å². The predicted octanol–water partition coefficient (Wildman–Crippen LogP) is 5.31. The van der Waals surface area contributed by atoms with Gasteiger partial charge in [-0.1, -0.05) is 72.8 Å². The molecule has 0 saturated carbocycles. The van der Waals surface area contributed by atoms with Gasteiger partial charge in [-0.2, -0.15) is 0 Å². The Labute approximate surface area is 212 Å². The molecule has 1 aliphatic rings. The summed E-state index contributed by atoms with van der Waals surface area (Å²) in [5.41, 5.74) is 2.96. The Hall–Kier alpha value is -3.06. The number of hydrogen-bond donors (Lipinski definition) is 1. The lowest BCUT2D eigenvalue weighted by atomic mass is 9.90. The summed E-state index contributed by atoms with van der Waals surface area (Å²) in [5, 5.41) is 10.9. The Morgan fingerprint density at radius 2 is 1.58 bits per heavy atom. The number of esters is 1. The zero-order valence-corrected chi connectivity index (χ0v) is 20.6. The van der Waals surface area contributed by atoms with Crippen LogP contribution in [0.4, 0.5) is 4.39 Å². The van der Waals surface area contributed by atoms with Gasteiger partial charge in [-0.25, -0.2) is 4.39 Å². The summed E-state index contributed by atoms with van der Waals surface area (Å²) in [6.45, 7) is 3.64. The normalized spacial score (nSPS) is 19.2. The molecule has 4 rings (SSSR count). The highest BCUT2D eigenvalue weighted by Gasteiger charge is 2.30. The van der Waals surface area contributed by atoms with Crippen molar-refractivity contribution >= 4 is 5.97 Å². The number of aliphatic hydroxyl groups is 1. The second kappa shape index (κ2) is 12.8. The van der Waals surface area contributed by atoms with Crippen LogP contribution >= 0.6 is 0 Å². The van der Waals surface area contributed by atoms with Crippen LogP contribution in [-0.2, 0) is 14.3 Å².